The number of aromatic amines is 1. The van der Waals surface area contributed by atoms with Crippen LogP contribution in [0.4, 0.5) is 0 Å². The summed E-state index contributed by atoms with van der Waals surface area (Å²) >= 11 is 0. The molecule has 22 heavy (non-hydrogen) atoms. The average molecular weight is 305 g/mol. The van der Waals surface area contributed by atoms with Crippen LogP contribution >= 0.6 is 0 Å². The van der Waals surface area contributed by atoms with Gasteiger partial charge in [0, 0.05) is 26.1 Å². The highest BCUT2D eigenvalue weighted by atomic mass is 16.5. The molecule has 2 fully saturated rings. The number of hydrogen-bond donors (Lipinski definition) is 1. The van der Waals surface area contributed by atoms with Crippen LogP contribution in [0.1, 0.15) is 66.9 Å². The van der Waals surface area contributed by atoms with E-state index in [0.29, 0.717) is 25.0 Å². The second kappa shape index (κ2) is 7.27. The first kappa shape index (κ1) is 15.5. The minimum Gasteiger partial charge on any atom is -0.383 e. The molecule has 5 heteroatoms. The van der Waals surface area contributed by atoms with Crippen LogP contribution in [0.25, 0.3) is 0 Å². The van der Waals surface area contributed by atoms with E-state index in [9.17, 15) is 4.79 Å². The molecule has 3 rings (SSSR count). The van der Waals surface area contributed by atoms with E-state index in [1.807, 2.05) is 4.90 Å². The predicted octanol–water partition coefficient (Wildman–Crippen LogP) is 2.96. The molecule has 0 aromatic carbocycles. The number of H-pyrrole nitrogens is 1. The zero-order valence-corrected chi connectivity index (χ0v) is 13.5. The summed E-state index contributed by atoms with van der Waals surface area (Å²) in [6, 6.07) is 0. The average Bonchev–Trinajstić information content (AvgIpc) is 3.24. The van der Waals surface area contributed by atoms with Crippen LogP contribution in [0, 0.1) is 5.92 Å². The first-order valence-corrected chi connectivity index (χ1v) is 8.61. The Balaban J connectivity index is 1.72. The Labute approximate surface area is 132 Å². The molecule has 1 N–H and O–H groups in total. The highest BCUT2D eigenvalue weighted by Gasteiger charge is 2.30. The Kier molecular flexibility index (Phi) is 5.13. The van der Waals surface area contributed by atoms with Crippen molar-refractivity contribution in [2.75, 3.05) is 26.8 Å². The van der Waals surface area contributed by atoms with Gasteiger partial charge < -0.3 is 9.64 Å². The summed E-state index contributed by atoms with van der Waals surface area (Å²) < 4.78 is 5.17. The van der Waals surface area contributed by atoms with Crippen LogP contribution in [0.3, 0.4) is 0 Å². The lowest BCUT2D eigenvalue weighted by molar-refractivity contribution is 0.0684. The van der Waals surface area contributed by atoms with E-state index in [2.05, 4.69) is 10.2 Å². The third-order valence-corrected chi connectivity index (χ3v) is 4.94. The van der Waals surface area contributed by atoms with Gasteiger partial charge in [0.1, 0.15) is 0 Å². The molecule has 1 heterocycles. The number of methoxy groups -OCH3 is 1. The van der Waals surface area contributed by atoms with Crippen molar-refractivity contribution in [1.29, 1.82) is 0 Å². The maximum Gasteiger partial charge on any atom is 0.257 e. The summed E-state index contributed by atoms with van der Waals surface area (Å²) in [4.78, 5) is 14.9. The van der Waals surface area contributed by atoms with Crippen LogP contribution in [0.15, 0.2) is 6.20 Å². The number of ether oxygens (including phenoxy) is 1. The van der Waals surface area contributed by atoms with Gasteiger partial charge in [-0.3, -0.25) is 9.89 Å². The van der Waals surface area contributed by atoms with Gasteiger partial charge in [-0.15, -0.1) is 0 Å². The maximum absolute atomic E-state index is 12.9. The van der Waals surface area contributed by atoms with E-state index in [1.54, 1.807) is 13.3 Å². The van der Waals surface area contributed by atoms with Crippen molar-refractivity contribution in [2.24, 2.45) is 5.92 Å². The highest BCUT2D eigenvalue weighted by molar-refractivity contribution is 5.95. The molecule has 5 nitrogen and oxygen atoms in total. The molecular weight excluding hydrogens is 278 g/mol. The zero-order chi connectivity index (χ0) is 15.4. The standard InChI is InChI=1S/C17H27N3O2/c1-22-10-9-20(12-13-7-8-13)17(21)15-11-18-19-16(15)14-5-3-2-4-6-14/h11,13-14H,2-10,12H2,1H3,(H,18,19). The van der Waals surface area contributed by atoms with Crippen LogP contribution in [-0.2, 0) is 4.74 Å². The zero-order valence-electron chi connectivity index (χ0n) is 13.5. The maximum atomic E-state index is 12.9. The summed E-state index contributed by atoms with van der Waals surface area (Å²) in [6.45, 7) is 2.12. The van der Waals surface area contributed by atoms with Crippen molar-refractivity contribution in [2.45, 2.75) is 50.9 Å². The lowest BCUT2D eigenvalue weighted by Gasteiger charge is -2.25. The molecule has 122 valence electrons. The van der Waals surface area contributed by atoms with E-state index in [0.717, 1.165) is 17.8 Å². The fourth-order valence-electron chi connectivity index (χ4n) is 3.43. The molecule has 0 atom stereocenters. The minimum atomic E-state index is 0.123. The first-order valence-electron chi connectivity index (χ1n) is 8.61. The first-order chi connectivity index (χ1) is 10.8. The molecule has 1 amide bonds. The largest absolute Gasteiger partial charge is 0.383 e. The summed E-state index contributed by atoms with van der Waals surface area (Å²) in [5, 5.41) is 7.28. The summed E-state index contributed by atoms with van der Waals surface area (Å²) in [5.41, 5.74) is 1.84. The highest BCUT2D eigenvalue weighted by Crippen LogP contribution is 2.34. The molecule has 0 unspecified atom stereocenters. The predicted molar refractivity (Wildman–Crippen MR) is 84.9 cm³/mol. The van der Waals surface area contributed by atoms with E-state index in [1.165, 1.54) is 44.9 Å². The SMILES string of the molecule is COCCN(CC1CC1)C(=O)c1cn[nH]c1C1CCCCC1. The van der Waals surface area contributed by atoms with Gasteiger partial charge in [-0.2, -0.15) is 5.10 Å². The van der Waals surface area contributed by atoms with Crippen molar-refractivity contribution in [3.63, 3.8) is 0 Å². The molecule has 0 bridgehead atoms. The number of nitrogens with zero attached hydrogens (tertiary/aromatic N) is 2. The molecule has 0 spiro atoms. The second-order valence-electron chi connectivity index (χ2n) is 6.72. The second-order valence-corrected chi connectivity index (χ2v) is 6.72. The monoisotopic (exact) mass is 305 g/mol. The van der Waals surface area contributed by atoms with Gasteiger partial charge in [0.05, 0.1) is 24.1 Å². The molecule has 1 aromatic heterocycles. The molecule has 1 aromatic rings. The molecule has 2 aliphatic carbocycles. The van der Waals surface area contributed by atoms with Crippen LogP contribution < -0.4 is 0 Å². The van der Waals surface area contributed by atoms with Gasteiger partial charge in [0.25, 0.3) is 5.91 Å². The van der Waals surface area contributed by atoms with Gasteiger partial charge >= 0.3 is 0 Å². The number of nitrogens with one attached hydrogen (secondary N) is 1. The van der Waals surface area contributed by atoms with Gasteiger partial charge in [-0.25, -0.2) is 0 Å². The molecule has 2 saturated carbocycles. The van der Waals surface area contributed by atoms with E-state index < -0.39 is 0 Å². The number of amides is 1. The fourth-order valence-corrected chi connectivity index (χ4v) is 3.43. The van der Waals surface area contributed by atoms with Crippen molar-refractivity contribution >= 4 is 5.91 Å². The van der Waals surface area contributed by atoms with Crippen molar-refractivity contribution in [1.82, 2.24) is 15.1 Å². The topological polar surface area (TPSA) is 58.2 Å². The van der Waals surface area contributed by atoms with E-state index >= 15 is 0 Å². The van der Waals surface area contributed by atoms with E-state index in [4.69, 9.17) is 4.74 Å². The van der Waals surface area contributed by atoms with E-state index in [-0.39, 0.29) is 5.91 Å². The molecule has 0 aliphatic heterocycles. The lowest BCUT2D eigenvalue weighted by Crippen LogP contribution is -2.36. The summed E-state index contributed by atoms with van der Waals surface area (Å²) in [5.74, 6) is 1.28. The van der Waals surface area contributed by atoms with Crippen molar-refractivity contribution in [3.8, 4) is 0 Å². The summed E-state index contributed by atoms with van der Waals surface area (Å²) in [6.07, 6.45) is 10.4. The molecule has 2 aliphatic rings. The number of carbonyl (C=O) groups excluding carboxylic acids is 1. The Hall–Kier alpha value is -1.36. The van der Waals surface area contributed by atoms with Gasteiger partial charge in [-0.05, 0) is 31.6 Å². The Morgan fingerprint density at radius 3 is 2.77 bits per heavy atom. The van der Waals surface area contributed by atoms with Crippen LogP contribution in [0.5, 0.6) is 0 Å². The third-order valence-electron chi connectivity index (χ3n) is 4.94. The van der Waals surface area contributed by atoms with Crippen molar-refractivity contribution < 1.29 is 9.53 Å². The van der Waals surface area contributed by atoms with Crippen molar-refractivity contribution in [3.05, 3.63) is 17.5 Å². The summed E-state index contributed by atoms with van der Waals surface area (Å²) in [7, 11) is 1.69. The Morgan fingerprint density at radius 1 is 1.32 bits per heavy atom. The normalized spacial score (nSPS) is 19.3. The Bertz CT molecular complexity index is 490. The number of rotatable bonds is 7. The van der Waals surface area contributed by atoms with Gasteiger partial charge in [-0.1, -0.05) is 19.3 Å². The van der Waals surface area contributed by atoms with Gasteiger partial charge in [0.2, 0.25) is 0 Å². The Morgan fingerprint density at radius 2 is 2.09 bits per heavy atom. The van der Waals surface area contributed by atoms with Gasteiger partial charge in [0.15, 0.2) is 0 Å². The number of aromatic nitrogens is 2. The lowest BCUT2D eigenvalue weighted by atomic mass is 9.85. The molecule has 0 saturated heterocycles. The van der Waals surface area contributed by atoms with Crippen LogP contribution in [0.2, 0.25) is 0 Å². The third kappa shape index (κ3) is 3.69. The molecule has 0 radical (unpaired) electrons. The fraction of sp³-hybridized carbons (Fsp3) is 0.765. The van der Waals surface area contributed by atoms with Crippen LogP contribution in [-0.4, -0.2) is 47.8 Å². The smallest absolute Gasteiger partial charge is 0.257 e. The number of carbonyl (C=O) groups is 1. The quantitative estimate of drug-likeness (QED) is 0.842. The minimum absolute atomic E-state index is 0.123. The number of hydrogen-bond acceptors (Lipinski definition) is 3. The molecular formula is C17H27N3O2.